The van der Waals surface area contributed by atoms with Gasteiger partial charge in [0.15, 0.2) is 0 Å². The highest BCUT2D eigenvalue weighted by Crippen LogP contribution is 2.21. The number of nitrogen functional groups attached to an aromatic ring is 1. The summed E-state index contributed by atoms with van der Waals surface area (Å²) < 4.78 is 0. The van der Waals surface area contributed by atoms with Crippen molar-refractivity contribution in [1.29, 1.82) is 10.9 Å². The molecule has 4 N–H and O–H groups in total. The second-order valence-corrected chi connectivity index (χ2v) is 2.04. The molecule has 0 saturated heterocycles. The molecule has 4 nitrogen and oxygen atoms in total. The Labute approximate surface area is 64.1 Å². The molecule has 0 saturated carbocycles. The normalized spacial score (nSPS) is 9.09. The number of nitrogens with two attached hydrogens (primary N) is 1. The van der Waals surface area contributed by atoms with Crippen LogP contribution in [0, 0.1) is 10.9 Å². The van der Waals surface area contributed by atoms with Crippen molar-refractivity contribution < 1.29 is 0 Å². The van der Waals surface area contributed by atoms with E-state index in [1.165, 1.54) is 0 Å². The van der Waals surface area contributed by atoms with Gasteiger partial charge in [-0.05, 0) is 12.1 Å². The van der Waals surface area contributed by atoms with Crippen LogP contribution in [0.3, 0.4) is 0 Å². The van der Waals surface area contributed by atoms with Crippen LogP contribution < -0.4 is 5.73 Å². The van der Waals surface area contributed by atoms with Gasteiger partial charge in [0.05, 0.1) is 5.69 Å². The van der Waals surface area contributed by atoms with Crippen molar-refractivity contribution in [1.82, 2.24) is 0 Å². The van der Waals surface area contributed by atoms with Gasteiger partial charge in [-0.3, -0.25) is 0 Å². The molecule has 0 atom stereocenters. The van der Waals surface area contributed by atoms with E-state index >= 15 is 0 Å². The number of nitrogens with zero attached hydrogens (tertiary/aromatic N) is 1. The Balaban J connectivity index is 3.35. The lowest BCUT2D eigenvalue weighted by molar-refractivity contribution is 1.15. The van der Waals surface area contributed by atoms with Gasteiger partial charge in [0, 0.05) is 17.5 Å². The summed E-state index contributed by atoms with van der Waals surface area (Å²) in [5, 5.41) is 10.2. The third kappa shape index (κ3) is 1.24. The third-order valence-electron chi connectivity index (χ3n) is 1.38. The van der Waals surface area contributed by atoms with Gasteiger partial charge >= 0.3 is 0 Å². The first-order chi connectivity index (χ1) is 5.29. The highest BCUT2D eigenvalue weighted by atomic mass is 15.0. The number of hydrogen-bond donors (Lipinski definition) is 3. The monoisotopic (exact) mass is 148 g/mol. The van der Waals surface area contributed by atoms with Crippen LogP contribution in [0.25, 0.3) is 0 Å². The van der Waals surface area contributed by atoms with Crippen molar-refractivity contribution >= 4 is 17.6 Å². The maximum absolute atomic E-state index is 6.98. The molecule has 11 heavy (non-hydrogen) atoms. The number of rotatable bonds is 2. The molecule has 0 bridgehead atoms. The molecule has 0 aliphatic carbocycles. The lowest BCUT2D eigenvalue weighted by Gasteiger charge is -2.00. The largest absolute Gasteiger partial charge is 0.398 e. The Hall–Kier alpha value is -1.71. The Morgan fingerprint density at radius 2 is 2.18 bits per heavy atom. The fourth-order valence-electron chi connectivity index (χ4n) is 0.825. The Kier molecular flexibility index (Phi) is 1.96. The smallest absolute Gasteiger partial charge is 0.0958 e. The quantitative estimate of drug-likeness (QED) is 0.334. The Bertz CT molecular complexity index is 292. The molecular formula is C7H8N4. The summed E-state index contributed by atoms with van der Waals surface area (Å²) in [5.41, 5.74) is 13.7. The predicted molar refractivity (Wildman–Crippen MR) is 43.5 cm³/mol. The molecular weight excluding hydrogens is 140 g/mol. The van der Waals surface area contributed by atoms with Crippen LogP contribution in [0.15, 0.2) is 23.3 Å². The first-order valence-corrected chi connectivity index (χ1v) is 3.06. The van der Waals surface area contributed by atoms with E-state index in [4.69, 9.17) is 16.7 Å². The minimum Gasteiger partial charge on any atom is -0.398 e. The van der Waals surface area contributed by atoms with Crippen molar-refractivity contribution in [2.75, 3.05) is 5.73 Å². The van der Waals surface area contributed by atoms with Gasteiger partial charge in [0.2, 0.25) is 0 Å². The molecule has 0 amide bonds. The van der Waals surface area contributed by atoms with E-state index in [0.717, 1.165) is 6.21 Å². The van der Waals surface area contributed by atoms with E-state index in [0.29, 0.717) is 16.9 Å². The minimum absolute atomic E-state index is 0.431. The van der Waals surface area contributed by atoms with Gasteiger partial charge in [-0.2, -0.15) is 5.11 Å². The molecule has 0 radical (unpaired) electrons. The highest BCUT2D eigenvalue weighted by molar-refractivity contribution is 5.91. The van der Waals surface area contributed by atoms with Gasteiger partial charge in [-0.25, -0.2) is 5.53 Å². The van der Waals surface area contributed by atoms with Crippen molar-refractivity contribution in [3.8, 4) is 0 Å². The summed E-state index contributed by atoms with van der Waals surface area (Å²) in [6, 6.07) is 5.02. The summed E-state index contributed by atoms with van der Waals surface area (Å²) in [6.07, 6.45) is 1.10. The number of nitrogens with one attached hydrogen (secondary N) is 2. The van der Waals surface area contributed by atoms with Crippen molar-refractivity contribution in [3.05, 3.63) is 23.8 Å². The topological polar surface area (TPSA) is 86.1 Å². The zero-order chi connectivity index (χ0) is 8.27. The molecule has 1 rings (SSSR count). The van der Waals surface area contributed by atoms with Gasteiger partial charge in [0.25, 0.3) is 0 Å². The fraction of sp³-hybridized carbons (Fsp3) is 0. The molecule has 0 aliphatic rings. The zero-order valence-electron chi connectivity index (χ0n) is 5.83. The van der Waals surface area contributed by atoms with E-state index in [2.05, 4.69) is 5.11 Å². The van der Waals surface area contributed by atoms with E-state index in [-0.39, 0.29) is 0 Å². The lowest BCUT2D eigenvalue weighted by Crippen LogP contribution is -1.91. The lowest BCUT2D eigenvalue weighted by atomic mass is 10.1. The summed E-state index contributed by atoms with van der Waals surface area (Å²) in [4.78, 5) is 0. The molecule has 0 spiro atoms. The molecule has 56 valence electrons. The minimum atomic E-state index is 0.431. The molecule has 4 heteroatoms. The zero-order valence-corrected chi connectivity index (χ0v) is 5.83. The van der Waals surface area contributed by atoms with E-state index < -0.39 is 0 Å². The van der Waals surface area contributed by atoms with Crippen LogP contribution in [-0.4, -0.2) is 6.21 Å². The predicted octanol–water partition coefficient (Wildman–Crippen LogP) is 1.93. The summed E-state index contributed by atoms with van der Waals surface area (Å²) in [5.74, 6) is 0. The van der Waals surface area contributed by atoms with Crippen molar-refractivity contribution in [2.45, 2.75) is 0 Å². The molecule has 0 unspecified atom stereocenters. The van der Waals surface area contributed by atoms with Crippen LogP contribution in [0.2, 0.25) is 0 Å². The van der Waals surface area contributed by atoms with Crippen molar-refractivity contribution in [2.24, 2.45) is 5.11 Å². The van der Waals surface area contributed by atoms with E-state index in [9.17, 15) is 0 Å². The summed E-state index contributed by atoms with van der Waals surface area (Å²) in [7, 11) is 0. The molecule has 1 aromatic carbocycles. The molecule has 0 aliphatic heterocycles. The molecule has 0 fully saturated rings. The Morgan fingerprint density at radius 3 is 2.64 bits per heavy atom. The van der Waals surface area contributed by atoms with Crippen LogP contribution >= 0.6 is 0 Å². The molecule has 1 aromatic rings. The second kappa shape index (κ2) is 2.92. The fourth-order valence-corrected chi connectivity index (χ4v) is 0.825. The van der Waals surface area contributed by atoms with Gasteiger partial charge in [0.1, 0.15) is 0 Å². The molecule has 0 aromatic heterocycles. The number of hydrogen-bond acceptors (Lipinski definition) is 4. The van der Waals surface area contributed by atoms with Gasteiger partial charge < -0.3 is 11.1 Å². The first-order valence-electron chi connectivity index (χ1n) is 3.06. The summed E-state index contributed by atoms with van der Waals surface area (Å²) in [6.45, 7) is 0. The van der Waals surface area contributed by atoms with Gasteiger partial charge in [-0.15, -0.1) is 0 Å². The first kappa shape index (κ1) is 7.40. The maximum Gasteiger partial charge on any atom is 0.0958 e. The summed E-state index contributed by atoms with van der Waals surface area (Å²) >= 11 is 0. The van der Waals surface area contributed by atoms with Crippen LogP contribution in [0.4, 0.5) is 11.4 Å². The van der Waals surface area contributed by atoms with Crippen LogP contribution in [-0.2, 0) is 0 Å². The van der Waals surface area contributed by atoms with Crippen molar-refractivity contribution in [3.63, 3.8) is 0 Å². The Morgan fingerprint density at radius 1 is 1.45 bits per heavy atom. The third-order valence-corrected chi connectivity index (χ3v) is 1.38. The average molecular weight is 148 g/mol. The standard InChI is InChI=1S/C7H8N4/c8-4-5-6(9)2-1-3-7(5)11-10/h1-4,8,10H,9H2. The number of anilines is 1. The van der Waals surface area contributed by atoms with Crippen LogP contribution in [0.5, 0.6) is 0 Å². The van der Waals surface area contributed by atoms with Crippen LogP contribution in [0.1, 0.15) is 5.56 Å². The van der Waals surface area contributed by atoms with E-state index in [1.807, 2.05) is 0 Å². The number of benzene rings is 1. The second-order valence-electron chi connectivity index (χ2n) is 2.04. The maximum atomic E-state index is 6.98. The van der Waals surface area contributed by atoms with Gasteiger partial charge in [-0.1, -0.05) is 6.07 Å². The van der Waals surface area contributed by atoms with E-state index in [1.54, 1.807) is 18.2 Å². The average Bonchev–Trinajstić information content (AvgIpc) is 2.04. The molecule has 0 heterocycles. The SMILES string of the molecule is N=Cc1c(N)cccc1N=N. The highest BCUT2D eigenvalue weighted by Gasteiger charge is 2.00.